The molecule has 2 N–H and O–H groups in total. The van der Waals surface area contributed by atoms with Gasteiger partial charge in [0.25, 0.3) is 0 Å². The van der Waals surface area contributed by atoms with E-state index in [-0.39, 0.29) is 18.5 Å². The number of rotatable bonds is 7. The number of hydrogen-bond acceptors (Lipinski definition) is 6. The number of nitrogens with one attached hydrogen (secondary N) is 1. The van der Waals surface area contributed by atoms with Crippen molar-refractivity contribution in [2.45, 2.75) is 19.1 Å². The molecule has 0 bridgehead atoms. The highest BCUT2D eigenvalue weighted by molar-refractivity contribution is 6.99. The van der Waals surface area contributed by atoms with Crippen molar-refractivity contribution < 1.29 is 14.2 Å². The zero-order chi connectivity index (χ0) is 14.4. The zero-order valence-electron chi connectivity index (χ0n) is 11.0. The van der Waals surface area contributed by atoms with E-state index in [1.54, 1.807) is 12.1 Å². The first kappa shape index (κ1) is 14.8. The second kappa shape index (κ2) is 7.28. The van der Waals surface area contributed by atoms with Gasteiger partial charge in [0.1, 0.15) is 24.7 Å². The van der Waals surface area contributed by atoms with Gasteiger partial charge in [-0.1, -0.05) is 12.1 Å². The van der Waals surface area contributed by atoms with Crippen molar-refractivity contribution in [2.24, 2.45) is 0 Å². The molecule has 1 heterocycles. The summed E-state index contributed by atoms with van der Waals surface area (Å²) in [6.07, 6.45) is 0.853. The smallest absolute Gasteiger partial charge is 0.245 e. The number of aromatic nitrogens is 2. The second-order valence-electron chi connectivity index (χ2n) is 4.39. The first-order valence-corrected chi connectivity index (χ1v) is 6.95. The number of aliphatic hydroxyl groups excluding tert-OH is 1. The van der Waals surface area contributed by atoms with E-state index < -0.39 is 6.10 Å². The Kier molecular flexibility index (Phi) is 5.40. The molecule has 20 heavy (non-hydrogen) atoms. The van der Waals surface area contributed by atoms with Gasteiger partial charge in [-0.2, -0.15) is 4.37 Å². The van der Waals surface area contributed by atoms with Gasteiger partial charge in [-0.15, -0.1) is 4.37 Å². The Morgan fingerprint density at radius 2 is 2.15 bits per heavy atom. The maximum absolute atomic E-state index is 12.8. The van der Waals surface area contributed by atoms with E-state index in [0.717, 1.165) is 17.3 Å². The van der Waals surface area contributed by atoms with E-state index in [0.29, 0.717) is 12.4 Å². The van der Waals surface area contributed by atoms with Gasteiger partial charge in [0, 0.05) is 12.6 Å². The van der Waals surface area contributed by atoms with Crippen LogP contribution in [0.3, 0.4) is 0 Å². The lowest BCUT2D eigenvalue weighted by Crippen LogP contribution is -2.33. The van der Waals surface area contributed by atoms with Crippen LogP contribution in [0.4, 0.5) is 4.39 Å². The SMILES string of the molecule is C[C@@H](NCC(O)COc1cnsn1)c1ccc(F)cc1. The fourth-order valence-corrected chi connectivity index (χ4v) is 2.01. The highest BCUT2D eigenvalue weighted by atomic mass is 32.1. The summed E-state index contributed by atoms with van der Waals surface area (Å²) in [5.41, 5.74) is 0.961. The maximum atomic E-state index is 12.8. The van der Waals surface area contributed by atoms with Crippen molar-refractivity contribution >= 4 is 11.7 Å². The van der Waals surface area contributed by atoms with Crippen LogP contribution in [0.2, 0.25) is 0 Å². The molecule has 2 rings (SSSR count). The first-order valence-electron chi connectivity index (χ1n) is 6.22. The van der Waals surface area contributed by atoms with Crippen LogP contribution in [-0.2, 0) is 0 Å². The molecule has 0 aliphatic heterocycles. The largest absolute Gasteiger partial charge is 0.473 e. The highest BCUT2D eigenvalue weighted by Gasteiger charge is 2.10. The number of benzene rings is 1. The van der Waals surface area contributed by atoms with Crippen LogP contribution in [0.25, 0.3) is 0 Å². The summed E-state index contributed by atoms with van der Waals surface area (Å²) in [5, 5.41) is 13.0. The molecule has 0 radical (unpaired) electrons. The van der Waals surface area contributed by atoms with Gasteiger partial charge in [-0.3, -0.25) is 0 Å². The molecule has 0 fully saturated rings. The molecule has 2 aromatic rings. The summed E-state index contributed by atoms with van der Waals surface area (Å²) in [6.45, 7) is 2.47. The minimum Gasteiger partial charge on any atom is -0.473 e. The predicted octanol–water partition coefficient (Wildman–Crippen LogP) is 1.77. The van der Waals surface area contributed by atoms with E-state index in [2.05, 4.69) is 14.1 Å². The summed E-state index contributed by atoms with van der Waals surface area (Å²) in [6, 6.07) is 6.30. The summed E-state index contributed by atoms with van der Waals surface area (Å²) < 4.78 is 25.8. The molecular weight excluding hydrogens is 281 g/mol. The second-order valence-corrected chi connectivity index (χ2v) is 4.95. The number of hydrogen-bond donors (Lipinski definition) is 2. The Labute approximate surface area is 120 Å². The lowest BCUT2D eigenvalue weighted by molar-refractivity contribution is 0.102. The van der Waals surface area contributed by atoms with Crippen LogP contribution in [0.1, 0.15) is 18.5 Å². The van der Waals surface area contributed by atoms with Crippen molar-refractivity contribution in [2.75, 3.05) is 13.2 Å². The monoisotopic (exact) mass is 297 g/mol. The molecule has 0 spiro atoms. The topological polar surface area (TPSA) is 67.3 Å². The van der Waals surface area contributed by atoms with Gasteiger partial charge in [-0.05, 0) is 24.6 Å². The summed E-state index contributed by atoms with van der Waals surface area (Å²) in [7, 11) is 0. The van der Waals surface area contributed by atoms with Crippen LogP contribution >= 0.6 is 11.7 Å². The van der Waals surface area contributed by atoms with E-state index in [4.69, 9.17) is 4.74 Å². The average molecular weight is 297 g/mol. The standard InChI is InChI=1S/C13H16FN3O2S/c1-9(10-2-4-11(14)5-3-10)15-6-12(18)8-19-13-7-16-20-17-13/h2-5,7,9,12,15,18H,6,8H2,1H3/t9-,12?/m1/s1. The van der Waals surface area contributed by atoms with E-state index in [9.17, 15) is 9.50 Å². The molecular formula is C13H16FN3O2S. The van der Waals surface area contributed by atoms with Gasteiger partial charge in [0.15, 0.2) is 0 Å². The third-order valence-corrected chi connectivity index (χ3v) is 3.26. The molecule has 1 aromatic heterocycles. The molecule has 0 aliphatic carbocycles. The molecule has 1 aromatic carbocycles. The average Bonchev–Trinajstić information content (AvgIpc) is 2.96. The zero-order valence-corrected chi connectivity index (χ0v) is 11.8. The number of halogens is 1. The van der Waals surface area contributed by atoms with Crippen LogP contribution in [0.15, 0.2) is 30.5 Å². The molecule has 0 amide bonds. The molecule has 5 nitrogen and oxygen atoms in total. The fourth-order valence-electron chi connectivity index (χ4n) is 1.64. The molecule has 1 unspecified atom stereocenters. The summed E-state index contributed by atoms with van der Waals surface area (Å²) >= 11 is 1.06. The van der Waals surface area contributed by atoms with Crippen molar-refractivity contribution in [3.05, 3.63) is 41.8 Å². The molecule has 0 aliphatic rings. The number of aliphatic hydroxyl groups is 1. The quantitative estimate of drug-likeness (QED) is 0.815. The third kappa shape index (κ3) is 4.52. The molecule has 0 saturated carbocycles. The van der Waals surface area contributed by atoms with E-state index >= 15 is 0 Å². The molecule has 7 heteroatoms. The lowest BCUT2D eigenvalue weighted by atomic mass is 10.1. The van der Waals surface area contributed by atoms with Gasteiger partial charge in [0.2, 0.25) is 5.88 Å². The molecule has 108 valence electrons. The highest BCUT2D eigenvalue weighted by Crippen LogP contribution is 2.12. The van der Waals surface area contributed by atoms with E-state index in [1.807, 2.05) is 6.92 Å². The van der Waals surface area contributed by atoms with Crippen molar-refractivity contribution in [1.82, 2.24) is 14.1 Å². The van der Waals surface area contributed by atoms with Gasteiger partial charge in [0.05, 0.1) is 11.7 Å². The Hall–Kier alpha value is -1.57. The summed E-state index contributed by atoms with van der Waals surface area (Å²) in [4.78, 5) is 0. The molecule has 2 atom stereocenters. The normalized spacial score (nSPS) is 13.9. The number of ether oxygens (including phenoxy) is 1. The van der Waals surface area contributed by atoms with E-state index in [1.165, 1.54) is 18.3 Å². The Bertz CT molecular complexity index is 507. The van der Waals surface area contributed by atoms with Crippen molar-refractivity contribution in [3.63, 3.8) is 0 Å². The van der Waals surface area contributed by atoms with Gasteiger partial charge < -0.3 is 15.2 Å². The summed E-state index contributed by atoms with van der Waals surface area (Å²) in [5.74, 6) is 0.159. The fraction of sp³-hybridized carbons (Fsp3) is 0.385. The Balaban J connectivity index is 1.72. The van der Waals surface area contributed by atoms with Gasteiger partial charge in [-0.25, -0.2) is 4.39 Å². The van der Waals surface area contributed by atoms with Crippen molar-refractivity contribution in [3.8, 4) is 5.88 Å². The van der Waals surface area contributed by atoms with Crippen LogP contribution < -0.4 is 10.1 Å². The Morgan fingerprint density at radius 1 is 1.40 bits per heavy atom. The van der Waals surface area contributed by atoms with Gasteiger partial charge >= 0.3 is 0 Å². The number of nitrogens with zero attached hydrogens (tertiary/aromatic N) is 2. The lowest BCUT2D eigenvalue weighted by Gasteiger charge is -2.17. The maximum Gasteiger partial charge on any atom is 0.245 e. The van der Waals surface area contributed by atoms with Crippen LogP contribution in [-0.4, -0.2) is 33.1 Å². The van der Waals surface area contributed by atoms with Crippen LogP contribution in [0, 0.1) is 5.82 Å². The minimum atomic E-state index is -0.653. The molecule has 0 saturated heterocycles. The predicted molar refractivity (Wildman–Crippen MR) is 74.2 cm³/mol. The first-order chi connectivity index (χ1) is 9.65. The van der Waals surface area contributed by atoms with Crippen molar-refractivity contribution in [1.29, 1.82) is 0 Å². The third-order valence-electron chi connectivity index (χ3n) is 2.79. The van der Waals surface area contributed by atoms with Crippen LogP contribution in [0.5, 0.6) is 5.88 Å². The minimum absolute atomic E-state index is 0.0196. The Morgan fingerprint density at radius 3 is 2.80 bits per heavy atom.